The third-order valence-corrected chi connectivity index (χ3v) is 4.25. The Morgan fingerprint density at radius 3 is 2.55 bits per heavy atom. The van der Waals surface area contributed by atoms with E-state index in [1.807, 2.05) is 0 Å². The lowest BCUT2D eigenvalue weighted by Gasteiger charge is -2.28. The Balaban J connectivity index is 1.98. The third kappa shape index (κ3) is 3.16. The van der Waals surface area contributed by atoms with E-state index in [0.717, 1.165) is 37.1 Å². The van der Waals surface area contributed by atoms with Gasteiger partial charge in [-0.15, -0.1) is 0 Å². The van der Waals surface area contributed by atoms with Gasteiger partial charge in [-0.3, -0.25) is 0 Å². The first kappa shape index (κ1) is 14.7. The van der Waals surface area contributed by atoms with E-state index in [1.165, 1.54) is 11.3 Å². The Kier molecular flexibility index (Phi) is 4.46. The summed E-state index contributed by atoms with van der Waals surface area (Å²) >= 11 is 0. The monoisotopic (exact) mass is 290 g/mol. The molecule has 0 radical (unpaired) electrons. The van der Waals surface area contributed by atoms with Gasteiger partial charge in [0.25, 0.3) is 0 Å². The van der Waals surface area contributed by atoms with Gasteiger partial charge in [-0.1, -0.05) is 49.1 Å². The zero-order valence-electron chi connectivity index (χ0n) is 13.0. The molecule has 3 rings (SSSR count). The second kappa shape index (κ2) is 6.68. The summed E-state index contributed by atoms with van der Waals surface area (Å²) in [6, 6.07) is 17.1. The zero-order chi connectivity index (χ0) is 15.4. The lowest BCUT2D eigenvalue weighted by molar-refractivity contribution is 0.581. The van der Waals surface area contributed by atoms with Crippen molar-refractivity contribution in [1.82, 2.24) is 0 Å². The Morgan fingerprint density at radius 2 is 1.73 bits per heavy atom. The van der Waals surface area contributed by atoms with Crippen molar-refractivity contribution >= 4 is 5.69 Å². The molecule has 1 unspecified atom stereocenters. The smallest absolute Gasteiger partial charge is 0.0528 e. The average Bonchev–Trinajstić information content (AvgIpc) is 2.55. The number of hydrogen-bond donors (Lipinski definition) is 1. The summed E-state index contributed by atoms with van der Waals surface area (Å²) in [4.78, 5) is 2.41. The van der Waals surface area contributed by atoms with E-state index in [4.69, 9.17) is 5.73 Å². The van der Waals surface area contributed by atoms with E-state index in [2.05, 4.69) is 72.2 Å². The molecule has 0 aromatic heterocycles. The first-order chi connectivity index (χ1) is 10.8. The molecule has 0 saturated carbocycles. The molecule has 112 valence electrons. The summed E-state index contributed by atoms with van der Waals surface area (Å²) in [5.41, 5.74) is 10.8. The van der Waals surface area contributed by atoms with Gasteiger partial charge in [0.1, 0.15) is 0 Å². The van der Waals surface area contributed by atoms with Gasteiger partial charge < -0.3 is 10.6 Å². The number of fused-ring (bicyclic) bond motifs is 2. The van der Waals surface area contributed by atoms with Gasteiger partial charge in [-0.2, -0.15) is 0 Å². The second-order valence-corrected chi connectivity index (χ2v) is 5.80. The van der Waals surface area contributed by atoms with Gasteiger partial charge >= 0.3 is 0 Å². The fourth-order valence-corrected chi connectivity index (χ4v) is 2.79. The molecule has 2 nitrogen and oxygen atoms in total. The van der Waals surface area contributed by atoms with E-state index in [0.29, 0.717) is 0 Å². The van der Waals surface area contributed by atoms with Crippen molar-refractivity contribution in [2.24, 2.45) is 5.73 Å². The van der Waals surface area contributed by atoms with Crippen LogP contribution >= 0.6 is 0 Å². The fraction of sp³-hybridized carbons (Fsp3) is 0.300. The Morgan fingerprint density at radius 1 is 1.05 bits per heavy atom. The standard InChI is InChI=1S/C20H22N2/c1-2-19(21)13-14-22-15-18-9-4-3-7-16(18)11-12-17-8-5-6-10-20(17)22/h3-10,19H,2,13-15,21H2,1H3. The van der Waals surface area contributed by atoms with Gasteiger partial charge in [0.15, 0.2) is 0 Å². The van der Waals surface area contributed by atoms with Crippen LogP contribution in [-0.4, -0.2) is 12.6 Å². The number of anilines is 1. The minimum atomic E-state index is 0.263. The topological polar surface area (TPSA) is 29.3 Å². The van der Waals surface area contributed by atoms with Crippen LogP contribution < -0.4 is 10.6 Å². The molecule has 1 aliphatic heterocycles. The minimum Gasteiger partial charge on any atom is -0.366 e. The Hall–Kier alpha value is -2.24. The first-order valence-electron chi connectivity index (χ1n) is 7.97. The number of para-hydroxylation sites is 1. The lowest BCUT2D eigenvalue weighted by Crippen LogP contribution is -2.31. The highest BCUT2D eigenvalue weighted by Gasteiger charge is 2.15. The van der Waals surface area contributed by atoms with Gasteiger partial charge in [-0.25, -0.2) is 0 Å². The second-order valence-electron chi connectivity index (χ2n) is 5.80. The summed E-state index contributed by atoms with van der Waals surface area (Å²) < 4.78 is 0. The van der Waals surface area contributed by atoms with Crippen LogP contribution in [-0.2, 0) is 6.54 Å². The van der Waals surface area contributed by atoms with Crippen molar-refractivity contribution in [3.8, 4) is 11.8 Å². The van der Waals surface area contributed by atoms with Crippen LogP contribution in [0.25, 0.3) is 0 Å². The van der Waals surface area contributed by atoms with Crippen LogP contribution in [0.5, 0.6) is 0 Å². The predicted molar refractivity (Wildman–Crippen MR) is 92.8 cm³/mol. The molecule has 0 bridgehead atoms. The summed E-state index contributed by atoms with van der Waals surface area (Å²) in [7, 11) is 0. The number of hydrogen-bond acceptors (Lipinski definition) is 2. The molecule has 2 N–H and O–H groups in total. The quantitative estimate of drug-likeness (QED) is 0.873. The third-order valence-electron chi connectivity index (χ3n) is 4.25. The maximum atomic E-state index is 6.12. The molecule has 1 heterocycles. The first-order valence-corrected chi connectivity index (χ1v) is 7.97. The highest BCUT2D eigenvalue weighted by molar-refractivity contribution is 5.64. The van der Waals surface area contributed by atoms with Crippen molar-refractivity contribution in [2.75, 3.05) is 11.4 Å². The number of nitrogens with zero attached hydrogens (tertiary/aromatic N) is 1. The molecule has 1 aliphatic rings. The van der Waals surface area contributed by atoms with Gasteiger partial charge in [-0.05, 0) is 36.6 Å². The highest BCUT2D eigenvalue weighted by Crippen LogP contribution is 2.25. The molecule has 2 aromatic carbocycles. The van der Waals surface area contributed by atoms with Crippen LogP contribution in [0.2, 0.25) is 0 Å². The van der Waals surface area contributed by atoms with Crippen LogP contribution in [0.1, 0.15) is 36.5 Å². The van der Waals surface area contributed by atoms with Crippen LogP contribution in [0.4, 0.5) is 5.69 Å². The van der Waals surface area contributed by atoms with E-state index in [9.17, 15) is 0 Å². The average molecular weight is 290 g/mol. The number of nitrogens with two attached hydrogens (primary N) is 1. The van der Waals surface area contributed by atoms with Crippen molar-refractivity contribution in [1.29, 1.82) is 0 Å². The maximum Gasteiger partial charge on any atom is 0.0528 e. The number of rotatable bonds is 4. The maximum absolute atomic E-state index is 6.12. The highest BCUT2D eigenvalue weighted by atomic mass is 15.1. The van der Waals surface area contributed by atoms with Crippen molar-refractivity contribution < 1.29 is 0 Å². The molecule has 0 fully saturated rings. The van der Waals surface area contributed by atoms with E-state index >= 15 is 0 Å². The number of benzene rings is 2. The zero-order valence-corrected chi connectivity index (χ0v) is 13.0. The molecular weight excluding hydrogens is 268 g/mol. The van der Waals surface area contributed by atoms with Gasteiger partial charge in [0.2, 0.25) is 0 Å². The molecule has 2 aromatic rings. The Bertz CT molecular complexity index is 709. The van der Waals surface area contributed by atoms with Crippen LogP contribution in [0.15, 0.2) is 48.5 Å². The molecule has 2 heteroatoms. The van der Waals surface area contributed by atoms with Crippen molar-refractivity contribution in [2.45, 2.75) is 32.4 Å². The van der Waals surface area contributed by atoms with Crippen molar-refractivity contribution in [3.05, 3.63) is 65.2 Å². The van der Waals surface area contributed by atoms with Crippen molar-refractivity contribution in [3.63, 3.8) is 0 Å². The largest absolute Gasteiger partial charge is 0.366 e. The predicted octanol–water partition coefficient (Wildman–Crippen LogP) is 3.53. The Labute approximate surface area is 133 Å². The van der Waals surface area contributed by atoms with Gasteiger partial charge in [0.05, 0.1) is 5.69 Å². The summed E-state index contributed by atoms with van der Waals surface area (Å²) in [6.45, 7) is 3.99. The molecule has 0 amide bonds. The molecule has 0 spiro atoms. The van der Waals surface area contributed by atoms with E-state index in [-0.39, 0.29) is 6.04 Å². The van der Waals surface area contributed by atoms with Crippen LogP contribution in [0.3, 0.4) is 0 Å². The summed E-state index contributed by atoms with van der Waals surface area (Å²) in [6.07, 6.45) is 2.02. The lowest BCUT2D eigenvalue weighted by atomic mass is 10.0. The van der Waals surface area contributed by atoms with E-state index in [1.54, 1.807) is 0 Å². The minimum absolute atomic E-state index is 0.263. The molecule has 1 atom stereocenters. The SMILES string of the molecule is CCC(N)CCN1Cc2ccccc2C#Cc2ccccc21. The molecule has 0 aliphatic carbocycles. The van der Waals surface area contributed by atoms with Crippen LogP contribution in [0, 0.1) is 11.8 Å². The summed E-state index contributed by atoms with van der Waals surface area (Å²) in [5, 5.41) is 0. The normalized spacial score (nSPS) is 14.0. The van der Waals surface area contributed by atoms with Gasteiger partial charge in [0, 0.05) is 30.3 Å². The molecule has 22 heavy (non-hydrogen) atoms. The molecular formula is C20H22N2. The molecule has 0 saturated heterocycles. The van der Waals surface area contributed by atoms with E-state index < -0.39 is 0 Å². The fourth-order valence-electron chi connectivity index (χ4n) is 2.79. The summed E-state index contributed by atoms with van der Waals surface area (Å²) in [5.74, 6) is 6.65.